The van der Waals surface area contributed by atoms with Crippen LogP contribution < -0.4 is 9.46 Å². The van der Waals surface area contributed by atoms with E-state index in [1.54, 1.807) is 18.5 Å². The van der Waals surface area contributed by atoms with E-state index < -0.39 is 10.0 Å². The zero-order valence-corrected chi connectivity index (χ0v) is 13.6. The molecule has 2 aromatic carbocycles. The molecule has 120 valence electrons. The second-order valence-electron chi connectivity index (χ2n) is 5.23. The monoisotopic (exact) mass is 331 g/mol. The summed E-state index contributed by atoms with van der Waals surface area (Å²) in [7, 11) is -2.21. The van der Waals surface area contributed by atoms with Crippen LogP contribution in [0.5, 0.6) is 5.75 Å². The Balaban J connectivity index is 1.85. The minimum absolute atomic E-state index is 0.141. The number of H-pyrrole nitrogens is 1. The Labute approximate surface area is 134 Å². The number of aryl methyl sites for hydroxylation is 1. The average Bonchev–Trinajstić information content (AvgIpc) is 3.00. The Morgan fingerprint density at radius 2 is 2.04 bits per heavy atom. The van der Waals surface area contributed by atoms with Gasteiger partial charge in [-0.2, -0.15) is 0 Å². The molecule has 0 atom stereocenters. The fourth-order valence-electron chi connectivity index (χ4n) is 2.34. The Hall–Kier alpha value is -2.38. The molecule has 1 heterocycles. The summed E-state index contributed by atoms with van der Waals surface area (Å²) < 4.78 is 32.8. The lowest BCUT2D eigenvalue weighted by molar-refractivity contribution is 0.402. The van der Waals surface area contributed by atoms with Crippen LogP contribution in [-0.4, -0.2) is 25.5 Å². The number of benzene rings is 2. The highest BCUT2D eigenvalue weighted by Crippen LogP contribution is 2.24. The van der Waals surface area contributed by atoms with E-state index in [0.29, 0.717) is 5.75 Å². The molecule has 0 fully saturated rings. The van der Waals surface area contributed by atoms with Crippen molar-refractivity contribution in [3.8, 4) is 5.75 Å². The van der Waals surface area contributed by atoms with E-state index in [2.05, 4.69) is 14.7 Å². The third-order valence-electron chi connectivity index (χ3n) is 3.56. The molecule has 23 heavy (non-hydrogen) atoms. The van der Waals surface area contributed by atoms with Gasteiger partial charge >= 0.3 is 0 Å². The largest absolute Gasteiger partial charge is 0.495 e. The zero-order chi connectivity index (χ0) is 16.4. The molecule has 2 N–H and O–H groups in total. The van der Waals surface area contributed by atoms with E-state index in [-0.39, 0.29) is 11.4 Å². The van der Waals surface area contributed by atoms with Crippen molar-refractivity contribution in [3.05, 3.63) is 53.9 Å². The summed E-state index contributed by atoms with van der Waals surface area (Å²) in [6.07, 6.45) is 1.61. The highest BCUT2D eigenvalue weighted by molar-refractivity contribution is 7.89. The number of fused-ring (bicyclic) bond motifs is 1. The van der Waals surface area contributed by atoms with Crippen LogP contribution in [0, 0.1) is 6.92 Å². The van der Waals surface area contributed by atoms with Gasteiger partial charge in [-0.25, -0.2) is 18.1 Å². The van der Waals surface area contributed by atoms with Crippen molar-refractivity contribution in [2.24, 2.45) is 0 Å². The number of rotatable bonds is 5. The molecule has 0 aliphatic rings. The molecule has 6 nitrogen and oxygen atoms in total. The van der Waals surface area contributed by atoms with Gasteiger partial charge in [0.2, 0.25) is 10.0 Å². The number of methoxy groups -OCH3 is 1. The summed E-state index contributed by atoms with van der Waals surface area (Å²) in [6.45, 7) is 2.03. The molecule has 0 aliphatic heterocycles. The molecule has 7 heteroatoms. The summed E-state index contributed by atoms with van der Waals surface area (Å²) in [5.74, 6) is 0.326. The van der Waals surface area contributed by atoms with Crippen molar-refractivity contribution in [3.63, 3.8) is 0 Å². The molecule has 0 spiro atoms. The van der Waals surface area contributed by atoms with Gasteiger partial charge in [-0.1, -0.05) is 12.1 Å². The van der Waals surface area contributed by atoms with E-state index in [1.807, 2.05) is 31.2 Å². The second kappa shape index (κ2) is 6.02. The molecule has 3 aromatic rings. The fraction of sp³-hybridized carbons (Fsp3) is 0.188. The summed E-state index contributed by atoms with van der Waals surface area (Å²) in [5, 5.41) is 0. The number of sulfonamides is 1. The average molecular weight is 331 g/mol. The van der Waals surface area contributed by atoms with Crippen molar-refractivity contribution in [2.45, 2.75) is 18.4 Å². The maximum atomic E-state index is 12.5. The van der Waals surface area contributed by atoms with E-state index in [9.17, 15) is 8.42 Å². The lowest BCUT2D eigenvalue weighted by Gasteiger charge is -2.11. The summed E-state index contributed by atoms with van der Waals surface area (Å²) in [4.78, 5) is 7.29. The maximum Gasteiger partial charge on any atom is 0.244 e. The molecule has 3 rings (SSSR count). The smallest absolute Gasteiger partial charge is 0.244 e. The molecule has 1 aromatic heterocycles. The summed E-state index contributed by atoms with van der Waals surface area (Å²) >= 11 is 0. The molecular formula is C16H17N3O3S. The number of aromatic amines is 1. The van der Waals surface area contributed by atoms with Crippen LogP contribution in [0.2, 0.25) is 0 Å². The number of nitrogens with one attached hydrogen (secondary N) is 2. The second-order valence-corrected chi connectivity index (χ2v) is 6.97. The Bertz CT molecular complexity index is 948. The SMILES string of the molecule is COc1ccc(C)cc1S(=O)(=O)NCc1ccc2nc[nH]c2c1. The van der Waals surface area contributed by atoms with Gasteiger partial charge in [0.05, 0.1) is 24.5 Å². The van der Waals surface area contributed by atoms with Crippen LogP contribution in [-0.2, 0) is 16.6 Å². The zero-order valence-electron chi connectivity index (χ0n) is 12.8. The lowest BCUT2D eigenvalue weighted by atomic mass is 10.2. The normalized spacial score (nSPS) is 11.7. The number of hydrogen-bond donors (Lipinski definition) is 2. The fourth-order valence-corrected chi connectivity index (χ4v) is 3.61. The van der Waals surface area contributed by atoms with Gasteiger partial charge in [0.1, 0.15) is 10.6 Å². The number of nitrogens with zero attached hydrogens (tertiary/aromatic N) is 1. The number of aromatic nitrogens is 2. The van der Waals surface area contributed by atoms with E-state index in [1.165, 1.54) is 7.11 Å². The first-order valence-corrected chi connectivity index (χ1v) is 8.54. The Morgan fingerprint density at radius 1 is 1.22 bits per heavy atom. The van der Waals surface area contributed by atoms with E-state index >= 15 is 0 Å². The van der Waals surface area contributed by atoms with Gasteiger partial charge in [0, 0.05) is 6.54 Å². The highest BCUT2D eigenvalue weighted by Gasteiger charge is 2.19. The third-order valence-corrected chi connectivity index (χ3v) is 4.98. The molecule has 0 aliphatic carbocycles. The third kappa shape index (κ3) is 3.20. The Kier molecular flexibility index (Phi) is 4.06. The maximum absolute atomic E-state index is 12.5. The number of imidazole rings is 1. The molecule has 0 radical (unpaired) electrons. The lowest BCUT2D eigenvalue weighted by Crippen LogP contribution is -2.23. The topological polar surface area (TPSA) is 84.1 Å². The number of hydrogen-bond acceptors (Lipinski definition) is 4. The van der Waals surface area contributed by atoms with Gasteiger partial charge in [0.25, 0.3) is 0 Å². The molecule has 0 saturated heterocycles. The number of ether oxygens (including phenoxy) is 1. The van der Waals surface area contributed by atoms with Gasteiger partial charge < -0.3 is 9.72 Å². The quantitative estimate of drug-likeness (QED) is 0.752. The molecular weight excluding hydrogens is 314 g/mol. The standard InChI is InChI=1S/C16H17N3O3S/c1-11-3-6-15(22-2)16(7-11)23(20,21)19-9-12-4-5-13-14(8-12)18-10-17-13/h3-8,10,19H,9H2,1-2H3,(H,17,18). The van der Waals surface area contributed by atoms with Gasteiger partial charge in [-0.05, 0) is 42.3 Å². The van der Waals surface area contributed by atoms with Crippen molar-refractivity contribution in [1.29, 1.82) is 0 Å². The van der Waals surface area contributed by atoms with E-state index in [4.69, 9.17) is 4.74 Å². The van der Waals surface area contributed by atoms with Crippen LogP contribution in [0.15, 0.2) is 47.6 Å². The first-order valence-electron chi connectivity index (χ1n) is 7.06. The summed E-state index contributed by atoms with van der Waals surface area (Å²) in [5.41, 5.74) is 3.41. The molecule has 0 amide bonds. The molecule has 0 unspecified atom stereocenters. The van der Waals surface area contributed by atoms with Crippen molar-refractivity contribution in [1.82, 2.24) is 14.7 Å². The van der Waals surface area contributed by atoms with Gasteiger partial charge in [-0.15, -0.1) is 0 Å². The highest BCUT2D eigenvalue weighted by atomic mass is 32.2. The van der Waals surface area contributed by atoms with Crippen LogP contribution >= 0.6 is 0 Å². The van der Waals surface area contributed by atoms with Crippen LogP contribution in [0.3, 0.4) is 0 Å². The molecule has 0 bridgehead atoms. The van der Waals surface area contributed by atoms with Gasteiger partial charge in [0.15, 0.2) is 0 Å². The van der Waals surface area contributed by atoms with Crippen LogP contribution in [0.1, 0.15) is 11.1 Å². The van der Waals surface area contributed by atoms with E-state index in [0.717, 1.165) is 22.2 Å². The first kappa shape index (κ1) is 15.5. The van der Waals surface area contributed by atoms with Crippen LogP contribution in [0.4, 0.5) is 0 Å². The van der Waals surface area contributed by atoms with Gasteiger partial charge in [-0.3, -0.25) is 0 Å². The Morgan fingerprint density at radius 3 is 2.83 bits per heavy atom. The van der Waals surface area contributed by atoms with Crippen molar-refractivity contribution >= 4 is 21.1 Å². The summed E-state index contributed by atoms with van der Waals surface area (Å²) in [6, 6.07) is 10.6. The minimum Gasteiger partial charge on any atom is -0.495 e. The van der Waals surface area contributed by atoms with Crippen LogP contribution in [0.25, 0.3) is 11.0 Å². The minimum atomic E-state index is -3.66. The predicted molar refractivity (Wildman–Crippen MR) is 87.9 cm³/mol. The predicted octanol–water partition coefficient (Wildman–Crippen LogP) is 2.36. The van der Waals surface area contributed by atoms with Crippen molar-refractivity contribution in [2.75, 3.05) is 7.11 Å². The first-order chi connectivity index (χ1) is 11.0. The van der Waals surface area contributed by atoms with Crippen molar-refractivity contribution < 1.29 is 13.2 Å². The molecule has 0 saturated carbocycles.